The van der Waals surface area contributed by atoms with E-state index in [0.29, 0.717) is 0 Å². The van der Waals surface area contributed by atoms with Crippen LogP contribution in [0.15, 0.2) is 0 Å². The van der Waals surface area contributed by atoms with E-state index in [1.165, 1.54) is 38.5 Å². The summed E-state index contributed by atoms with van der Waals surface area (Å²) in [6, 6.07) is 0. The van der Waals surface area contributed by atoms with E-state index in [4.69, 9.17) is 10.2 Å². The molecule has 0 aromatic rings. The van der Waals surface area contributed by atoms with Crippen LogP contribution in [0.4, 0.5) is 0 Å². The molecule has 0 aromatic heterocycles. The first-order chi connectivity index (χ1) is 7.56. The Labute approximate surface area is 125 Å². The Bertz CT molecular complexity index is 199. The summed E-state index contributed by atoms with van der Waals surface area (Å²) in [5, 5.41) is 15.8. The normalized spacial score (nSPS) is 15.1. The Morgan fingerprint density at radius 3 is 1.65 bits per heavy atom. The number of carbonyl (C=O) groups is 2. The number of hydrogen-bond donors (Lipinski definition) is 2. The molecule has 17 heavy (non-hydrogen) atoms. The van der Waals surface area contributed by atoms with E-state index < -0.39 is 11.9 Å². The molecule has 1 fully saturated rings. The molecule has 0 aliphatic heterocycles. The molecule has 0 spiro atoms. The topological polar surface area (TPSA) is 74.6 Å². The quantitative estimate of drug-likeness (QED) is 0.533. The van der Waals surface area contributed by atoms with E-state index >= 15 is 0 Å². The Hall–Kier alpha value is -0.0600. The van der Waals surface area contributed by atoms with Gasteiger partial charge in [0.15, 0.2) is 0 Å². The maximum atomic E-state index is 9.64. The van der Waals surface area contributed by atoms with E-state index in [9.17, 15) is 9.59 Å². The molecule has 0 radical (unpaired) electrons. The van der Waals surface area contributed by atoms with Gasteiger partial charge < -0.3 is 17.1 Å². The summed E-state index contributed by atoms with van der Waals surface area (Å²) in [5.41, 5.74) is 0. The first-order valence-corrected chi connectivity index (χ1v) is 5.79. The average Bonchev–Trinajstić information content (AvgIpc) is 2.28. The van der Waals surface area contributed by atoms with Crippen LogP contribution in [0.5, 0.6) is 0 Å². The molecule has 0 saturated heterocycles. The van der Waals surface area contributed by atoms with E-state index in [-0.39, 0.29) is 42.4 Å². The fraction of sp³-hybridized carbons (Fsp3) is 0.750. The molecule has 1 rings (SSSR count). The minimum absolute atomic E-state index is 0. The summed E-state index contributed by atoms with van der Waals surface area (Å²) in [6.07, 6.45) is 7.86. The Kier molecular flexibility index (Phi) is 14.1. The molecule has 1 aliphatic rings. The summed E-state index contributed by atoms with van der Waals surface area (Å²) in [5.74, 6) is -1.18. The van der Waals surface area contributed by atoms with Crippen molar-refractivity contribution in [3.8, 4) is 0 Å². The van der Waals surface area contributed by atoms with Crippen LogP contribution >= 0.6 is 0 Å². The molecule has 0 aromatic carbocycles. The fourth-order valence-electron chi connectivity index (χ4n) is 1.69. The first kappa shape index (κ1) is 19.3. The number of carboxylic acids is 2. The molecule has 0 atom stereocenters. The number of rotatable bonds is 4. The molecular weight excluding hydrogens is 231 g/mol. The van der Waals surface area contributed by atoms with Crippen LogP contribution in [0.3, 0.4) is 0 Å². The predicted octanol–water partition coefficient (Wildman–Crippen LogP) is -0.269. The summed E-state index contributed by atoms with van der Waals surface area (Å²) in [6.45, 7) is 3.91. The molecule has 0 heterocycles. The van der Waals surface area contributed by atoms with Gasteiger partial charge in [-0.1, -0.05) is 38.0 Å². The van der Waals surface area contributed by atoms with Gasteiger partial charge in [-0.3, -0.25) is 9.59 Å². The van der Waals surface area contributed by atoms with Gasteiger partial charge in [-0.2, -0.15) is 6.42 Å². The van der Waals surface area contributed by atoms with Gasteiger partial charge in [-0.25, -0.2) is 0 Å². The van der Waals surface area contributed by atoms with Gasteiger partial charge in [-0.05, 0) is 0 Å². The smallest absolute Gasteiger partial charge is 0.481 e. The first-order valence-electron chi connectivity index (χ1n) is 5.79. The van der Waals surface area contributed by atoms with Crippen molar-refractivity contribution < 1.29 is 49.4 Å². The van der Waals surface area contributed by atoms with Gasteiger partial charge >= 0.3 is 41.5 Å². The zero-order valence-electron chi connectivity index (χ0n) is 10.7. The summed E-state index contributed by atoms with van der Waals surface area (Å²) < 4.78 is 0. The van der Waals surface area contributed by atoms with E-state index in [1.54, 1.807) is 0 Å². The van der Waals surface area contributed by atoms with Crippen molar-refractivity contribution in [1.82, 2.24) is 0 Å². The minimum atomic E-state index is -1.08. The summed E-state index contributed by atoms with van der Waals surface area (Å²) in [7, 11) is 0. The van der Waals surface area contributed by atoms with Crippen molar-refractivity contribution in [2.45, 2.75) is 51.4 Å². The van der Waals surface area contributed by atoms with Crippen molar-refractivity contribution >= 4 is 11.9 Å². The van der Waals surface area contributed by atoms with Crippen LogP contribution in [0.1, 0.15) is 51.4 Å². The number of carboxylic acid groups (broad SMARTS) is 2. The third-order valence-corrected chi connectivity index (χ3v) is 2.69. The molecule has 94 valence electrons. The maximum absolute atomic E-state index is 9.64. The molecule has 1 aliphatic carbocycles. The van der Waals surface area contributed by atoms with Gasteiger partial charge in [0.2, 0.25) is 0 Å². The van der Waals surface area contributed by atoms with Crippen LogP contribution in [-0.4, -0.2) is 22.2 Å². The van der Waals surface area contributed by atoms with Gasteiger partial charge in [0, 0.05) is 0 Å². The molecule has 1 saturated carbocycles. The molecule has 4 nitrogen and oxygen atoms in total. The Morgan fingerprint density at radius 2 is 1.41 bits per heavy atom. The average molecular weight is 252 g/mol. The van der Waals surface area contributed by atoms with Crippen molar-refractivity contribution in [2.24, 2.45) is 5.92 Å². The second-order valence-electron chi connectivity index (χ2n) is 4.08. The van der Waals surface area contributed by atoms with Gasteiger partial charge in [-0.15, -0.1) is 0 Å². The van der Waals surface area contributed by atoms with Gasteiger partial charge in [0.25, 0.3) is 0 Å². The standard InChI is InChI=1S/C8H15.C4H6O4.Na/c1-2-8-6-4-3-5-7-8;5-3(6)1-2-4(7)8;/h8H,1-7H2;1-2H2,(H,5,6)(H,7,8);/q-1;;+1. The second kappa shape index (κ2) is 12.4. The second-order valence-corrected chi connectivity index (χ2v) is 4.08. The zero-order valence-corrected chi connectivity index (χ0v) is 12.7. The fourth-order valence-corrected chi connectivity index (χ4v) is 1.69. The van der Waals surface area contributed by atoms with Crippen LogP contribution in [0.25, 0.3) is 0 Å². The van der Waals surface area contributed by atoms with Crippen LogP contribution in [0.2, 0.25) is 0 Å². The predicted molar refractivity (Wildman–Crippen MR) is 61.1 cm³/mol. The van der Waals surface area contributed by atoms with Gasteiger partial charge in [0.05, 0.1) is 12.8 Å². The minimum Gasteiger partial charge on any atom is -0.481 e. The third kappa shape index (κ3) is 13.9. The Morgan fingerprint density at radius 1 is 1.00 bits per heavy atom. The van der Waals surface area contributed by atoms with Gasteiger partial charge in [0.1, 0.15) is 0 Å². The molecule has 0 unspecified atom stereocenters. The van der Waals surface area contributed by atoms with E-state index in [0.717, 1.165) is 5.92 Å². The monoisotopic (exact) mass is 252 g/mol. The molecule has 5 heteroatoms. The van der Waals surface area contributed by atoms with Crippen LogP contribution in [0, 0.1) is 12.8 Å². The molecule has 2 N–H and O–H groups in total. The maximum Gasteiger partial charge on any atom is 1.00 e. The largest absolute Gasteiger partial charge is 1.00 e. The molecule has 0 bridgehead atoms. The van der Waals surface area contributed by atoms with Crippen LogP contribution in [-0.2, 0) is 9.59 Å². The van der Waals surface area contributed by atoms with E-state index in [2.05, 4.69) is 6.92 Å². The van der Waals surface area contributed by atoms with Crippen molar-refractivity contribution in [1.29, 1.82) is 0 Å². The van der Waals surface area contributed by atoms with E-state index in [1.807, 2.05) is 0 Å². The van der Waals surface area contributed by atoms with Crippen molar-refractivity contribution in [3.63, 3.8) is 0 Å². The Balaban J connectivity index is 0. The summed E-state index contributed by atoms with van der Waals surface area (Å²) in [4.78, 5) is 19.3. The number of aliphatic carboxylic acids is 2. The SMILES string of the molecule is O=C(O)CCC(=O)O.[CH2-]CC1CCCCC1.[Na+]. The molecule has 0 amide bonds. The number of hydrogen-bond acceptors (Lipinski definition) is 2. The molecular formula is C12H21NaO4. The zero-order chi connectivity index (χ0) is 12.4. The summed E-state index contributed by atoms with van der Waals surface area (Å²) >= 11 is 0. The van der Waals surface area contributed by atoms with Crippen molar-refractivity contribution in [3.05, 3.63) is 6.92 Å². The van der Waals surface area contributed by atoms with Crippen LogP contribution < -0.4 is 29.6 Å². The van der Waals surface area contributed by atoms with Crippen molar-refractivity contribution in [2.75, 3.05) is 0 Å². The third-order valence-electron chi connectivity index (χ3n) is 2.69.